The summed E-state index contributed by atoms with van der Waals surface area (Å²) in [4.78, 5) is 2.46. The summed E-state index contributed by atoms with van der Waals surface area (Å²) < 4.78 is 7.04. The van der Waals surface area contributed by atoms with Gasteiger partial charge in [-0.15, -0.1) is 0 Å². The summed E-state index contributed by atoms with van der Waals surface area (Å²) in [5.41, 5.74) is 17.4. The highest BCUT2D eigenvalue weighted by Gasteiger charge is 2.46. The summed E-state index contributed by atoms with van der Waals surface area (Å²) >= 11 is 6.67. The van der Waals surface area contributed by atoms with Gasteiger partial charge in [-0.05, 0) is 121 Å². The Hall–Kier alpha value is -7.91. The second-order valence-electron chi connectivity index (χ2n) is 18.6. The topological polar surface area (TPSA) is 12.5 Å². The lowest BCUT2D eigenvalue weighted by Gasteiger charge is -2.36. The van der Waals surface area contributed by atoms with E-state index in [4.69, 9.17) is 16.3 Å². The van der Waals surface area contributed by atoms with E-state index >= 15 is 0 Å². The van der Waals surface area contributed by atoms with Crippen molar-refractivity contribution in [1.82, 2.24) is 0 Å². The van der Waals surface area contributed by atoms with Crippen molar-refractivity contribution < 1.29 is 4.74 Å². The maximum Gasteiger partial charge on any atom is 0.129 e. The fourth-order valence-electron chi connectivity index (χ4n) is 10.2. The van der Waals surface area contributed by atoms with Crippen molar-refractivity contribution >= 4 is 28.7 Å². The van der Waals surface area contributed by atoms with Crippen LogP contribution < -0.4 is 9.64 Å². The molecule has 0 aromatic heterocycles. The van der Waals surface area contributed by atoms with Gasteiger partial charge in [-0.25, -0.2) is 0 Å². The van der Waals surface area contributed by atoms with E-state index in [1.807, 2.05) is 24.3 Å². The summed E-state index contributed by atoms with van der Waals surface area (Å²) in [7, 11) is 0. The molecule has 11 rings (SSSR count). The van der Waals surface area contributed by atoms with Crippen molar-refractivity contribution in [1.29, 1.82) is 0 Å². The van der Waals surface area contributed by atoms with Gasteiger partial charge in [0, 0.05) is 27.9 Å². The maximum atomic E-state index is 7.04. The van der Waals surface area contributed by atoms with Crippen LogP contribution in [0.25, 0.3) is 44.5 Å². The van der Waals surface area contributed by atoms with Crippen molar-refractivity contribution in [2.75, 3.05) is 4.90 Å². The average Bonchev–Trinajstić information content (AvgIpc) is 3.68. The number of anilines is 3. The molecule has 0 atom stereocenters. The first-order valence-electron chi connectivity index (χ1n) is 23.3. The molecule has 0 bridgehead atoms. The van der Waals surface area contributed by atoms with Crippen molar-refractivity contribution in [3.63, 3.8) is 0 Å². The lowest BCUT2D eigenvalue weighted by atomic mass is 9.67. The molecular formula is C65H50ClNO. The predicted molar refractivity (Wildman–Crippen MR) is 285 cm³/mol. The van der Waals surface area contributed by atoms with Gasteiger partial charge in [0.25, 0.3) is 0 Å². The Bertz CT molecular complexity index is 3290. The first-order valence-corrected chi connectivity index (χ1v) is 23.7. The third kappa shape index (κ3) is 7.77. The maximum absolute atomic E-state index is 7.04. The Morgan fingerprint density at radius 3 is 1.43 bits per heavy atom. The standard InChI is InChI=1S/C65H50ClNO/c1-64(2,3)50-41-59(47-23-10-5-11-24-47)63(60(42-50)48-25-12-6-13-26-48)67(53-37-35-46(36-38-53)45-21-8-4-9-22-45)54-39-51(40-56(44-54)68-55-30-20-29-52(66)43-55)65(49-27-14-7-15-28-49)61-33-18-16-31-57(61)58-32-17-19-34-62(58)65/h4-44H,1-3H3. The Morgan fingerprint density at radius 1 is 0.382 bits per heavy atom. The third-order valence-corrected chi connectivity index (χ3v) is 13.6. The summed E-state index contributed by atoms with van der Waals surface area (Å²) in [6.07, 6.45) is 0. The Morgan fingerprint density at radius 2 is 0.882 bits per heavy atom. The van der Waals surface area contributed by atoms with E-state index in [0.29, 0.717) is 16.5 Å². The number of fused-ring (bicyclic) bond motifs is 3. The van der Waals surface area contributed by atoms with Crippen LogP contribution in [0.4, 0.5) is 17.1 Å². The SMILES string of the molecule is CC(C)(C)c1cc(-c2ccccc2)c(N(c2ccc(-c3ccccc3)cc2)c2cc(Oc3cccc(Cl)c3)cc(C3(c4ccccc4)c4ccccc4-c4ccccc43)c2)c(-c2ccccc2)c1. The largest absolute Gasteiger partial charge is 0.457 e. The van der Waals surface area contributed by atoms with E-state index in [9.17, 15) is 0 Å². The summed E-state index contributed by atoms with van der Waals surface area (Å²) in [5, 5.41) is 0.609. The van der Waals surface area contributed by atoms with Crippen LogP contribution >= 0.6 is 11.6 Å². The van der Waals surface area contributed by atoms with Gasteiger partial charge < -0.3 is 9.64 Å². The highest BCUT2D eigenvalue weighted by atomic mass is 35.5. The molecule has 328 valence electrons. The number of ether oxygens (including phenoxy) is 1. The number of benzene rings is 10. The predicted octanol–water partition coefficient (Wildman–Crippen LogP) is 18.3. The number of hydrogen-bond acceptors (Lipinski definition) is 2. The van der Waals surface area contributed by atoms with E-state index in [-0.39, 0.29) is 5.41 Å². The molecule has 1 aliphatic carbocycles. The van der Waals surface area contributed by atoms with Crippen molar-refractivity contribution in [3.05, 3.63) is 282 Å². The molecule has 2 nitrogen and oxygen atoms in total. The van der Waals surface area contributed by atoms with Gasteiger partial charge in [0.1, 0.15) is 11.5 Å². The van der Waals surface area contributed by atoms with Gasteiger partial charge >= 0.3 is 0 Å². The average molecular weight is 897 g/mol. The zero-order valence-electron chi connectivity index (χ0n) is 38.4. The molecule has 0 saturated heterocycles. The van der Waals surface area contributed by atoms with E-state index in [2.05, 4.69) is 250 Å². The van der Waals surface area contributed by atoms with Gasteiger partial charge in [-0.2, -0.15) is 0 Å². The van der Waals surface area contributed by atoms with Crippen LogP contribution in [-0.4, -0.2) is 0 Å². The molecule has 0 aliphatic heterocycles. The van der Waals surface area contributed by atoms with Gasteiger partial charge in [-0.1, -0.05) is 220 Å². The molecule has 0 saturated carbocycles. The van der Waals surface area contributed by atoms with Crippen molar-refractivity contribution in [2.45, 2.75) is 31.6 Å². The summed E-state index contributed by atoms with van der Waals surface area (Å²) in [5.74, 6) is 1.35. The molecular weight excluding hydrogens is 846 g/mol. The van der Waals surface area contributed by atoms with Crippen LogP contribution in [-0.2, 0) is 10.8 Å². The Labute approximate surface area is 405 Å². The molecule has 0 heterocycles. The molecule has 10 aromatic carbocycles. The highest BCUT2D eigenvalue weighted by molar-refractivity contribution is 6.30. The van der Waals surface area contributed by atoms with Gasteiger partial charge in [0.2, 0.25) is 0 Å². The molecule has 0 spiro atoms. The first kappa shape index (κ1) is 42.7. The summed E-state index contributed by atoms with van der Waals surface area (Å²) in [6.45, 7) is 6.90. The Kier molecular flexibility index (Phi) is 11.1. The lowest BCUT2D eigenvalue weighted by Crippen LogP contribution is -2.29. The van der Waals surface area contributed by atoms with Crippen molar-refractivity contribution in [2.24, 2.45) is 0 Å². The lowest BCUT2D eigenvalue weighted by molar-refractivity contribution is 0.481. The fraction of sp³-hybridized carbons (Fsp3) is 0.0769. The first-order chi connectivity index (χ1) is 33.3. The molecule has 0 fully saturated rings. The zero-order valence-corrected chi connectivity index (χ0v) is 39.2. The molecule has 0 N–H and O–H groups in total. The molecule has 0 amide bonds. The van der Waals surface area contributed by atoms with E-state index < -0.39 is 5.41 Å². The van der Waals surface area contributed by atoms with Crippen LogP contribution in [0.5, 0.6) is 11.5 Å². The normalized spacial score (nSPS) is 12.5. The monoisotopic (exact) mass is 895 g/mol. The van der Waals surface area contributed by atoms with Gasteiger partial charge in [-0.3, -0.25) is 0 Å². The zero-order chi connectivity index (χ0) is 46.2. The number of hydrogen-bond donors (Lipinski definition) is 0. The smallest absolute Gasteiger partial charge is 0.129 e. The molecule has 3 heteroatoms. The van der Waals surface area contributed by atoms with Crippen molar-refractivity contribution in [3.8, 4) is 56.0 Å². The Balaban J connectivity index is 1.28. The molecule has 10 aromatic rings. The summed E-state index contributed by atoms with van der Waals surface area (Å²) in [6, 6.07) is 89.4. The van der Waals surface area contributed by atoms with Crippen LogP contribution in [0.1, 0.15) is 48.6 Å². The van der Waals surface area contributed by atoms with E-state index in [1.54, 1.807) is 0 Å². The number of halogens is 1. The van der Waals surface area contributed by atoms with Gasteiger partial charge in [0.15, 0.2) is 0 Å². The number of nitrogens with zero attached hydrogens (tertiary/aromatic N) is 1. The minimum atomic E-state index is -0.708. The third-order valence-electron chi connectivity index (χ3n) is 13.4. The number of rotatable bonds is 10. The molecule has 1 aliphatic rings. The van der Waals surface area contributed by atoms with Crippen LogP contribution in [0, 0.1) is 0 Å². The molecule has 0 radical (unpaired) electrons. The van der Waals surface area contributed by atoms with Crippen LogP contribution in [0.3, 0.4) is 0 Å². The van der Waals surface area contributed by atoms with Gasteiger partial charge in [0.05, 0.1) is 16.8 Å². The fourth-order valence-corrected chi connectivity index (χ4v) is 10.4. The molecule has 0 unspecified atom stereocenters. The van der Waals surface area contributed by atoms with Crippen LogP contribution in [0.15, 0.2) is 249 Å². The minimum Gasteiger partial charge on any atom is -0.457 e. The highest BCUT2D eigenvalue weighted by Crippen LogP contribution is 2.58. The second kappa shape index (κ2) is 17.7. The second-order valence-corrected chi connectivity index (χ2v) is 19.1. The van der Waals surface area contributed by atoms with E-state index in [0.717, 1.165) is 56.0 Å². The minimum absolute atomic E-state index is 0.142. The quantitative estimate of drug-likeness (QED) is 0.136. The van der Waals surface area contributed by atoms with E-state index in [1.165, 1.54) is 33.4 Å². The molecule has 68 heavy (non-hydrogen) atoms. The van der Waals surface area contributed by atoms with Crippen LogP contribution in [0.2, 0.25) is 5.02 Å².